The lowest BCUT2D eigenvalue weighted by Crippen LogP contribution is -2.48. The largest absolute Gasteiger partial charge is 0.354 e. The molecule has 6 aromatic carbocycles. The van der Waals surface area contributed by atoms with Crippen LogP contribution in [0.15, 0.2) is 281 Å². The second-order valence-electron chi connectivity index (χ2n) is 29.2. The first kappa shape index (κ1) is 77.6. The van der Waals surface area contributed by atoms with E-state index in [9.17, 15) is 14.4 Å². The molecule has 548 valence electrons. The second-order valence-corrected chi connectivity index (χ2v) is 29.2. The third-order valence-corrected chi connectivity index (χ3v) is 20.3. The first-order valence-corrected chi connectivity index (χ1v) is 38.2. The van der Waals surface area contributed by atoms with Crippen molar-refractivity contribution in [1.82, 2.24) is 21.3 Å². The van der Waals surface area contributed by atoms with Crippen LogP contribution in [0, 0.1) is 13.8 Å². The number of aryl methyl sites for hydroxylation is 3. The van der Waals surface area contributed by atoms with Crippen molar-refractivity contribution in [2.45, 2.75) is 125 Å². The van der Waals surface area contributed by atoms with E-state index in [4.69, 9.17) is 15.7 Å². The Kier molecular flexibility index (Phi) is 26.2. The number of aromatic nitrogens is 6. The van der Waals surface area contributed by atoms with Gasteiger partial charge in [0, 0.05) is 70.7 Å². The number of hydrogen-bond acceptors (Lipinski definition) is 4. The zero-order chi connectivity index (χ0) is 77.0. The molecule has 14 nitrogen and oxygen atoms in total. The number of amides is 4. The molecule has 1 atom stereocenters. The van der Waals surface area contributed by atoms with Crippen molar-refractivity contribution in [3.63, 3.8) is 0 Å². The fourth-order valence-electron chi connectivity index (χ4n) is 14.2. The van der Waals surface area contributed by atoms with Crippen molar-refractivity contribution >= 4 is 50.2 Å². The molecule has 4 N–H and O–H groups in total. The van der Waals surface area contributed by atoms with Crippen LogP contribution in [0.1, 0.15) is 136 Å². The standard InChI is InChI=1S/C94H94B2N10O4/c1-8-70-28-13-14-31-73(70)54-104-59-80(74-35-23-44-101(52-74)50-71-29-11-9-26-68(71)6)47-82(61-104)84-49-86(65-106(63-84)57-78-34-17-20-39-89(78)96)93(109)100-90(94(110)99-43-25-42-97-91(107)67(4)5)40-21-22-41-98-92(108)85-48-83(62-105(64-85)56-77-33-16-19-38-88(77)95)81-46-79(58-103(60-81)51-72-30-12-10-27-69(72)7)75-36-24-45-102(53-75)55-76-32-15-18-37-87(76)66(2)3/h9-20,23-24,26-39,44-49,52-53,58-66,90H,4,8,21-22,25,40-43,50-51,54-57H2,1-3,5-7H3/q+2/p+4. The first-order valence-electron chi connectivity index (χ1n) is 38.2. The van der Waals surface area contributed by atoms with Crippen LogP contribution in [0.25, 0.3) is 44.5 Å². The normalized spacial score (nSPS) is 11.4. The summed E-state index contributed by atoms with van der Waals surface area (Å²) in [7, 11) is 13.2. The maximum atomic E-state index is 15.3. The van der Waals surface area contributed by atoms with Crippen LogP contribution >= 0.6 is 0 Å². The Morgan fingerprint density at radius 3 is 1.29 bits per heavy atom. The zero-order valence-corrected chi connectivity index (χ0v) is 64.1. The van der Waals surface area contributed by atoms with Gasteiger partial charge >= 0.3 is 0 Å². The van der Waals surface area contributed by atoms with E-state index in [-0.39, 0.29) is 37.2 Å². The molecule has 6 aromatic heterocycles. The van der Waals surface area contributed by atoms with Crippen LogP contribution in [-0.2, 0) is 55.3 Å². The van der Waals surface area contributed by atoms with Crippen molar-refractivity contribution in [3.8, 4) is 44.5 Å². The molecule has 0 saturated heterocycles. The number of hydrogen-bond donors (Lipinski definition) is 4. The number of carbonyl (C=O) groups is 4. The van der Waals surface area contributed by atoms with Crippen LogP contribution in [0.2, 0.25) is 0 Å². The van der Waals surface area contributed by atoms with Gasteiger partial charge in [-0.2, -0.15) is 18.3 Å². The summed E-state index contributed by atoms with van der Waals surface area (Å²) >= 11 is 0. The summed E-state index contributed by atoms with van der Waals surface area (Å²) in [5.74, 6) is -0.969. The van der Waals surface area contributed by atoms with Crippen molar-refractivity contribution in [3.05, 3.63) is 347 Å². The fourth-order valence-corrected chi connectivity index (χ4v) is 14.2. The minimum atomic E-state index is -0.980. The van der Waals surface area contributed by atoms with Crippen molar-refractivity contribution in [2.75, 3.05) is 19.6 Å². The molecule has 0 spiro atoms. The summed E-state index contributed by atoms with van der Waals surface area (Å²) in [6.45, 7) is 20.6. The number of benzene rings is 6. The Bertz CT molecular complexity index is 5330. The Morgan fingerprint density at radius 2 is 0.782 bits per heavy atom. The maximum absolute atomic E-state index is 15.3. The van der Waals surface area contributed by atoms with E-state index in [0.29, 0.717) is 92.1 Å². The van der Waals surface area contributed by atoms with Gasteiger partial charge in [-0.1, -0.05) is 184 Å². The molecule has 12 aromatic rings. The van der Waals surface area contributed by atoms with Gasteiger partial charge in [0.2, 0.25) is 11.8 Å². The lowest BCUT2D eigenvalue weighted by atomic mass is 9.90. The molecule has 0 bridgehead atoms. The third-order valence-electron chi connectivity index (χ3n) is 20.3. The average Bonchev–Trinajstić information content (AvgIpc) is 0.793. The molecule has 0 aliphatic carbocycles. The highest BCUT2D eigenvalue weighted by Gasteiger charge is 2.27. The van der Waals surface area contributed by atoms with Crippen molar-refractivity contribution < 1.29 is 46.6 Å². The number of carbonyl (C=O) groups excluding carboxylic acids is 4. The average molecular weight is 1450 g/mol. The molecule has 16 heteroatoms. The Hall–Kier alpha value is -12.0. The van der Waals surface area contributed by atoms with Crippen molar-refractivity contribution in [1.29, 1.82) is 0 Å². The maximum Gasteiger partial charge on any atom is 0.258 e. The van der Waals surface area contributed by atoms with Gasteiger partial charge in [-0.15, -0.1) is 0 Å². The highest BCUT2D eigenvalue weighted by Crippen LogP contribution is 2.28. The number of nitrogens with zero attached hydrogens (tertiary/aromatic N) is 6. The lowest BCUT2D eigenvalue weighted by Gasteiger charge is -2.19. The molecular formula is C94H98B2N10O4+6. The topological polar surface area (TPSA) is 140 Å². The molecule has 110 heavy (non-hydrogen) atoms. The summed E-state index contributed by atoms with van der Waals surface area (Å²) in [6, 6.07) is 65.3. The van der Waals surface area contributed by atoms with E-state index in [1.165, 1.54) is 44.5 Å². The quantitative estimate of drug-likeness (QED) is 0.0144. The minimum Gasteiger partial charge on any atom is -0.354 e. The predicted molar refractivity (Wildman–Crippen MR) is 436 cm³/mol. The number of unbranched alkanes of at least 4 members (excludes halogenated alkanes) is 1. The van der Waals surface area contributed by atoms with Crippen molar-refractivity contribution in [2.24, 2.45) is 0 Å². The summed E-state index contributed by atoms with van der Waals surface area (Å²) in [4.78, 5) is 57.1. The van der Waals surface area contributed by atoms with Gasteiger partial charge in [0.05, 0.1) is 44.5 Å². The van der Waals surface area contributed by atoms with Gasteiger partial charge in [0.15, 0.2) is 114 Å². The number of nitrogens with one attached hydrogen (secondary N) is 4. The number of rotatable bonds is 32. The SMILES string of the molecule is [B]c1ccccc1C[n+]1cc(C(=O)NCCCCC(NC(=O)c2cc(-c3cc(-c4ccc[n+](Cc5ccccc5C)c4)c[n+](Cc4ccccc4CC)c3)c[n+](Cc3ccccc3[B])c2)C(=O)NCCCNC(=O)C(=C)C)cc(-c2cc(-c3ccc[n+](Cc4ccccc4C(C)C)c3)c[n+](Cc3ccccc3C)c2)c1. The third kappa shape index (κ3) is 20.8. The minimum absolute atomic E-state index is 0.241. The summed E-state index contributed by atoms with van der Waals surface area (Å²) < 4.78 is 12.9. The number of pyridine rings is 6. The van der Waals surface area contributed by atoms with Crippen LogP contribution < -0.4 is 59.6 Å². The van der Waals surface area contributed by atoms with Gasteiger partial charge in [-0.25, -0.2) is 9.13 Å². The first-order chi connectivity index (χ1) is 53.4. The molecule has 1 unspecified atom stereocenters. The second kappa shape index (κ2) is 37.2. The van der Waals surface area contributed by atoms with E-state index in [2.05, 4.69) is 270 Å². The summed E-state index contributed by atoms with van der Waals surface area (Å²) in [6.07, 6.45) is 27.6. The Morgan fingerprint density at radius 1 is 0.391 bits per heavy atom. The van der Waals surface area contributed by atoms with E-state index in [1.54, 1.807) is 6.92 Å². The van der Waals surface area contributed by atoms with Crippen LogP contribution in [-0.4, -0.2) is 65.0 Å². The smallest absolute Gasteiger partial charge is 0.258 e. The van der Waals surface area contributed by atoms with Gasteiger partial charge in [0.25, 0.3) is 11.8 Å². The van der Waals surface area contributed by atoms with Crippen LogP contribution in [0.4, 0.5) is 0 Å². The summed E-state index contributed by atoms with van der Waals surface area (Å²) in [5, 5.41) is 12.3. The molecule has 0 aliphatic rings. The summed E-state index contributed by atoms with van der Waals surface area (Å²) in [5.41, 5.74) is 21.6. The van der Waals surface area contributed by atoms with E-state index in [0.717, 1.165) is 68.6 Å². The Labute approximate surface area is 650 Å². The van der Waals surface area contributed by atoms with E-state index in [1.807, 2.05) is 88.4 Å². The Balaban J connectivity index is 0.830. The predicted octanol–water partition coefficient (Wildman–Crippen LogP) is 11.2. The lowest BCUT2D eigenvalue weighted by molar-refractivity contribution is -0.689. The molecule has 6 heterocycles. The molecule has 4 radical (unpaired) electrons. The molecule has 0 saturated carbocycles. The van der Waals surface area contributed by atoms with Gasteiger partial charge in [-0.3, -0.25) is 19.2 Å². The zero-order valence-electron chi connectivity index (χ0n) is 64.1. The molecule has 0 aliphatic heterocycles. The molecular weight excluding hydrogens is 1350 g/mol. The van der Waals surface area contributed by atoms with Gasteiger partial charge in [0.1, 0.15) is 32.9 Å². The fraction of sp³-hybridized carbons (Fsp3) is 0.234. The highest BCUT2D eigenvalue weighted by atomic mass is 16.2. The highest BCUT2D eigenvalue weighted by molar-refractivity contribution is 6.33. The van der Waals surface area contributed by atoms with E-state index < -0.39 is 11.9 Å². The van der Waals surface area contributed by atoms with Gasteiger partial charge < -0.3 is 21.3 Å². The molecule has 0 fully saturated rings. The molecule has 4 amide bonds. The van der Waals surface area contributed by atoms with Crippen LogP contribution in [0.5, 0.6) is 0 Å². The van der Waals surface area contributed by atoms with Crippen LogP contribution in [0.3, 0.4) is 0 Å². The van der Waals surface area contributed by atoms with Gasteiger partial charge in [-0.05, 0) is 117 Å². The van der Waals surface area contributed by atoms with E-state index >= 15 is 4.79 Å². The molecule has 12 rings (SSSR count). The monoisotopic (exact) mass is 1450 g/mol.